The molecule has 0 fully saturated rings. The number of rotatable bonds is 2. The molecule has 7 heteroatoms. The van der Waals surface area contributed by atoms with Gasteiger partial charge in [0.1, 0.15) is 5.82 Å². The lowest BCUT2D eigenvalue weighted by atomic mass is 10.3. The molecule has 5 nitrogen and oxygen atoms in total. The largest absolute Gasteiger partial charge is 0.412 e. The van der Waals surface area contributed by atoms with Gasteiger partial charge in [-0.25, -0.2) is 9.97 Å². The average Bonchev–Trinajstić information content (AvgIpc) is 2.05. The smallest absolute Gasteiger partial charge is 0.146 e. The maximum atomic E-state index is 5.54. The monoisotopic (exact) mass is 228 g/mol. The highest BCUT2D eigenvalue weighted by molar-refractivity contribution is 5.85. The molecule has 0 amide bonds. The second kappa shape index (κ2) is 9.63. The summed E-state index contributed by atoms with van der Waals surface area (Å²) in [5.74, 6) is 0.602. The van der Waals surface area contributed by atoms with Gasteiger partial charge in [0, 0.05) is 18.9 Å². The summed E-state index contributed by atoms with van der Waals surface area (Å²) in [6.07, 6.45) is 3.30. The van der Waals surface area contributed by atoms with Crippen molar-refractivity contribution >= 4 is 24.8 Å². The van der Waals surface area contributed by atoms with Crippen LogP contribution in [-0.4, -0.2) is 22.0 Å². The Bertz CT molecular complexity index is 199. The molecule has 0 aliphatic heterocycles. The molecule has 0 aliphatic rings. The standard InChI is InChI=1S/C6H10N4.2ClH.H2O/c7-4-5(8)6-9-2-1-3-10-6;;;/h1-3,5H,4,7-8H2;2*1H;1H2. The molecule has 1 aromatic heterocycles. The molecule has 1 unspecified atom stereocenters. The fourth-order valence-corrected chi connectivity index (χ4v) is 0.608. The zero-order valence-electron chi connectivity index (χ0n) is 6.88. The lowest BCUT2D eigenvalue weighted by Crippen LogP contribution is -2.22. The minimum absolute atomic E-state index is 0. The van der Waals surface area contributed by atoms with E-state index in [4.69, 9.17) is 11.5 Å². The van der Waals surface area contributed by atoms with Crippen molar-refractivity contribution in [2.75, 3.05) is 6.54 Å². The highest BCUT2D eigenvalue weighted by Gasteiger charge is 2.03. The summed E-state index contributed by atoms with van der Waals surface area (Å²) in [5.41, 5.74) is 10.8. The third-order valence-electron chi connectivity index (χ3n) is 1.17. The van der Waals surface area contributed by atoms with Crippen LogP contribution < -0.4 is 11.5 Å². The summed E-state index contributed by atoms with van der Waals surface area (Å²) < 4.78 is 0. The van der Waals surface area contributed by atoms with Gasteiger partial charge >= 0.3 is 0 Å². The van der Waals surface area contributed by atoms with E-state index >= 15 is 0 Å². The Morgan fingerprint density at radius 3 is 2.08 bits per heavy atom. The molecule has 0 aliphatic carbocycles. The second-order valence-corrected chi connectivity index (χ2v) is 1.95. The highest BCUT2D eigenvalue weighted by atomic mass is 35.5. The Morgan fingerprint density at radius 2 is 1.69 bits per heavy atom. The highest BCUT2D eigenvalue weighted by Crippen LogP contribution is 1.97. The summed E-state index contributed by atoms with van der Waals surface area (Å²) in [7, 11) is 0. The maximum Gasteiger partial charge on any atom is 0.146 e. The Hall–Kier alpha value is -0.460. The first-order chi connectivity index (χ1) is 4.84. The molecule has 0 bridgehead atoms. The summed E-state index contributed by atoms with van der Waals surface area (Å²) >= 11 is 0. The molecule has 0 aromatic carbocycles. The molecule has 0 radical (unpaired) electrons. The summed E-state index contributed by atoms with van der Waals surface area (Å²) in [6, 6.07) is 1.51. The van der Waals surface area contributed by atoms with Crippen molar-refractivity contribution in [2.45, 2.75) is 6.04 Å². The molecule has 13 heavy (non-hydrogen) atoms. The first-order valence-electron chi connectivity index (χ1n) is 3.07. The van der Waals surface area contributed by atoms with Gasteiger partial charge < -0.3 is 16.9 Å². The van der Waals surface area contributed by atoms with Gasteiger partial charge in [0.2, 0.25) is 0 Å². The number of aromatic nitrogens is 2. The Morgan fingerprint density at radius 1 is 1.23 bits per heavy atom. The van der Waals surface area contributed by atoms with Crippen molar-refractivity contribution in [1.29, 1.82) is 0 Å². The molecule has 0 saturated heterocycles. The van der Waals surface area contributed by atoms with Crippen LogP contribution in [0.1, 0.15) is 11.9 Å². The molecular weight excluding hydrogens is 215 g/mol. The molecule has 1 aromatic rings. The van der Waals surface area contributed by atoms with Crippen LogP contribution >= 0.6 is 24.8 Å². The zero-order valence-corrected chi connectivity index (χ0v) is 8.52. The molecule has 0 spiro atoms. The Labute approximate surface area is 89.1 Å². The Balaban J connectivity index is -0.000000333. The van der Waals surface area contributed by atoms with E-state index in [-0.39, 0.29) is 36.3 Å². The van der Waals surface area contributed by atoms with Gasteiger partial charge in [0.05, 0.1) is 6.04 Å². The quantitative estimate of drug-likeness (QED) is 0.709. The normalized spacial score (nSPS) is 10.0. The van der Waals surface area contributed by atoms with Crippen LogP contribution in [-0.2, 0) is 0 Å². The molecular formula is C6H14Cl2N4O. The van der Waals surface area contributed by atoms with E-state index in [9.17, 15) is 0 Å². The lowest BCUT2D eigenvalue weighted by molar-refractivity contribution is 0.680. The van der Waals surface area contributed by atoms with Crippen LogP contribution in [0.15, 0.2) is 18.5 Å². The zero-order chi connectivity index (χ0) is 7.40. The number of hydrogen-bond donors (Lipinski definition) is 2. The van der Waals surface area contributed by atoms with Crippen molar-refractivity contribution in [1.82, 2.24) is 9.97 Å². The van der Waals surface area contributed by atoms with Crippen molar-refractivity contribution in [3.8, 4) is 0 Å². The Kier molecular flexibility index (Phi) is 13.6. The molecule has 78 valence electrons. The van der Waals surface area contributed by atoms with E-state index in [2.05, 4.69) is 9.97 Å². The molecule has 1 atom stereocenters. The third-order valence-corrected chi connectivity index (χ3v) is 1.17. The summed E-state index contributed by atoms with van der Waals surface area (Å²) in [6.45, 7) is 0.379. The van der Waals surface area contributed by atoms with Gasteiger partial charge in [0.25, 0.3) is 0 Å². The number of hydrogen-bond acceptors (Lipinski definition) is 4. The number of nitrogens with zero attached hydrogens (tertiary/aromatic N) is 2. The minimum atomic E-state index is -0.235. The summed E-state index contributed by atoms with van der Waals surface area (Å²) in [4.78, 5) is 7.87. The van der Waals surface area contributed by atoms with Crippen LogP contribution in [0.25, 0.3) is 0 Å². The topological polar surface area (TPSA) is 109 Å². The molecule has 6 N–H and O–H groups in total. The second-order valence-electron chi connectivity index (χ2n) is 1.95. The first-order valence-corrected chi connectivity index (χ1v) is 3.07. The average molecular weight is 229 g/mol. The minimum Gasteiger partial charge on any atom is -0.412 e. The van der Waals surface area contributed by atoms with Gasteiger partial charge in [-0.3, -0.25) is 0 Å². The van der Waals surface area contributed by atoms with Crippen molar-refractivity contribution < 1.29 is 5.48 Å². The van der Waals surface area contributed by atoms with Crippen LogP contribution in [0.3, 0.4) is 0 Å². The van der Waals surface area contributed by atoms with Crippen LogP contribution in [0, 0.1) is 0 Å². The van der Waals surface area contributed by atoms with E-state index in [0.717, 1.165) is 0 Å². The van der Waals surface area contributed by atoms with Crippen molar-refractivity contribution in [3.05, 3.63) is 24.3 Å². The fraction of sp³-hybridized carbons (Fsp3) is 0.333. The van der Waals surface area contributed by atoms with E-state index < -0.39 is 0 Å². The van der Waals surface area contributed by atoms with Gasteiger partial charge in [-0.2, -0.15) is 0 Å². The lowest BCUT2D eigenvalue weighted by Gasteiger charge is -2.04. The van der Waals surface area contributed by atoms with Crippen LogP contribution in [0.2, 0.25) is 0 Å². The maximum absolute atomic E-state index is 5.54. The van der Waals surface area contributed by atoms with Crippen LogP contribution in [0.4, 0.5) is 0 Å². The van der Waals surface area contributed by atoms with Gasteiger partial charge in [-0.1, -0.05) is 0 Å². The molecule has 1 rings (SSSR count). The number of halogens is 2. The predicted octanol–water partition coefficient (Wildman–Crippen LogP) is -0.546. The molecule has 0 saturated carbocycles. The predicted molar refractivity (Wildman–Crippen MR) is 56.1 cm³/mol. The summed E-state index contributed by atoms with van der Waals surface area (Å²) in [5, 5.41) is 0. The van der Waals surface area contributed by atoms with E-state index in [1.54, 1.807) is 18.5 Å². The van der Waals surface area contributed by atoms with Crippen molar-refractivity contribution in [3.63, 3.8) is 0 Å². The van der Waals surface area contributed by atoms with E-state index in [0.29, 0.717) is 12.4 Å². The third kappa shape index (κ3) is 5.73. The molecule has 1 heterocycles. The van der Waals surface area contributed by atoms with Gasteiger partial charge in [0.15, 0.2) is 0 Å². The van der Waals surface area contributed by atoms with E-state index in [1.165, 1.54) is 0 Å². The van der Waals surface area contributed by atoms with E-state index in [1.807, 2.05) is 0 Å². The van der Waals surface area contributed by atoms with Gasteiger partial charge in [-0.05, 0) is 6.07 Å². The first kappa shape index (κ1) is 18.3. The van der Waals surface area contributed by atoms with Crippen molar-refractivity contribution in [2.24, 2.45) is 11.5 Å². The van der Waals surface area contributed by atoms with Gasteiger partial charge in [-0.15, -0.1) is 24.8 Å². The fourth-order valence-electron chi connectivity index (χ4n) is 0.608. The number of nitrogens with two attached hydrogens (primary N) is 2. The van der Waals surface area contributed by atoms with Crippen LogP contribution in [0.5, 0.6) is 0 Å². The SMILES string of the molecule is Cl.Cl.NCC(N)c1ncccn1.O.